The first kappa shape index (κ1) is 12.2. The Balaban J connectivity index is 1.82. The van der Waals surface area contributed by atoms with E-state index in [9.17, 15) is 0 Å². The van der Waals surface area contributed by atoms with E-state index in [-0.39, 0.29) is 6.04 Å². The zero-order valence-electron chi connectivity index (χ0n) is 10.7. The third-order valence-electron chi connectivity index (χ3n) is 3.29. The van der Waals surface area contributed by atoms with Crippen LogP contribution in [0, 0.1) is 0 Å². The molecule has 7 nitrogen and oxygen atoms in total. The lowest BCUT2D eigenvalue weighted by Crippen LogP contribution is -2.30. The minimum atomic E-state index is -0.0323. The molecule has 3 N–H and O–H groups in total. The van der Waals surface area contributed by atoms with Crippen LogP contribution in [0.2, 0.25) is 0 Å². The maximum Gasteiger partial charge on any atom is 0.176 e. The summed E-state index contributed by atoms with van der Waals surface area (Å²) in [6, 6.07) is 6.25. The summed E-state index contributed by atoms with van der Waals surface area (Å²) in [6.07, 6.45) is 0.601. The molecule has 1 aromatic carbocycles. The summed E-state index contributed by atoms with van der Waals surface area (Å²) < 4.78 is 5.42. The van der Waals surface area contributed by atoms with Gasteiger partial charge in [0.15, 0.2) is 5.82 Å². The van der Waals surface area contributed by atoms with Crippen LogP contribution >= 0.6 is 0 Å². The highest BCUT2D eigenvalue weighted by Crippen LogP contribution is 2.24. The number of rotatable bonds is 4. The topological polar surface area (TPSA) is 90.9 Å². The Morgan fingerprint density at radius 2 is 2.26 bits per heavy atom. The standard InChI is InChI=1S/C12H16N6O/c1-18-16-12(15-17-18)5-11(14-13)8-2-3-9-6-19-7-10(9)4-8/h2-4,11,14H,5-7,13H2,1H3. The van der Waals surface area contributed by atoms with E-state index in [1.807, 2.05) is 0 Å². The van der Waals surface area contributed by atoms with Gasteiger partial charge in [-0.15, -0.1) is 10.2 Å². The van der Waals surface area contributed by atoms with Gasteiger partial charge in [0, 0.05) is 6.42 Å². The SMILES string of the molecule is Cn1nnc(CC(NN)c2ccc3c(c2)COC3)n1. The van der Waals surface area contributed by atoms with E-state index < -0.39 is 0 Å². The molecule has 0 radical (unpaired) electrons. The molecule has 0 saturated heterocycles. The normalized spacial score (nSPS) is 15.5. The predicted octanol–water partition coefficient (Wildman–Crippen LogP) is -0.0126. The number of hydrogen-bond donors (Lipinski definition) is 2. The van der Waals surface area contributed by atoms with Gasteiger partial charge in [0.25, 0.3) is 0 Å². The number of nitrogens with one attached hydrogen (secondary N) is 1. The molecule has 3 rings (SSSR count). The minimum Gasteiger partial charge on any atom is -0.372 e. The van der Waals surface area contributed by atoms with Crippen molar-refractivity contribution in [2.75, 3.05) is 0 Å². The molecular weight excluding hydrogens is 244 g/mol. The van der Waals surface area contributed by atoms with Crippen LogP contribution in [0.25, 0.3) is 0 Å². The van der Waals surface area contributed by atoms with E-state index in [0.717, 1.165) is 5.56 Å². The molecule has 1 unspecified atom stereocenters. The van der Waals surface area contributed by atoms with Crippen LogP contribution in [0.5, 0.6) is 0 Å². The van der Waals surface area contributed by atoms with Crippen LogP contribution in [0.15, 0.2) is 18.2 Å². The fraction of sp³-hybridized carbons (Fsp3) is 0.417. The van der Waals surface area contributed by atoms with Gasteiger partial charge in [-0.3, -0.25) is 11.3 Å². The molecule has 1 aromatic heterocycles. The largest absolute Gasteiger partial charge is 0.372 e. The molecule has 1 atom stereocenters. The van der Waals surface area contributed by atoms with Crippen LogP contribution in [0.3, 0.4) is 0 Å². The molecule has 100 valence electrons. The summed E-state index contributed by atoms with van der Waals surface area (Å²) in [5.41, 5.74) is 6.39. The Bertz CT molecular complexity index is 581. The van der Waals surface area contributed by atoms with Crippen LogP contribution in [-0.2, 0) is 31.4 Å². The lowest BCUT2D eigenvalue weighted by molar-refractivity contribution is 0.134. The summed E-state index contributed by atoms with van der Waals surface area (Å²) in [4.78, 5) is 1.44. The van der Waals surface area contributed by atoms with Crippen molar-refractivity contribution in [3.05, 3.63) is 40.7 Å². The van der Waals surface area contributed by atoms with Crippen molar-refractivity contribution in [3.8, 4) is 0 Å². The Hall–Kier alpha value is -1.83. The smallest absolute Gasteiger partial charge is 0.176 e. The van der Waals surface area contributed by atoms with E-state index >= 15 is 0 Å². The fourth-order valence-electron chi connectivity index (χ4n) is 2.27. The van der Waals surface area contributed by atoms with Crippen molar-refractivity contribution >= 4 is 0 Å². The monoisotopic (exact) mass is 260 g/mol. The Morgan fingerprint density at radius 1 is 1.42 bits per heavy atom. The molecule has 0 aliphatic carbocycles. The quantitative estimate of drug-likeness (QED) is 0.593. The average molecular weight is 260 g/mol. The number of nitrogens with two attached hydrogens (primary N) is 1. The maximum absolute atomic E-state index is 5.64. The lowest BCUT2D eigenvalue weighted by Gasteiger charge is -2.15. The van der Waals surface area contributed by atoms with E-state index in [2.05, 4.69) is 39.0 Å². The summed E-state index contributed by atoms with van der Waals surface area (Å²) >= 11 is 0. The number of fused-ring (bicyclic) bond motifs is 1. The van der Waals surface area contributed by atoms with E-state index in [1.54, 1.807) is 7.05 Å². The number of ether oxygens (including phenoxy) is 1. The predicted molar refractivity (Wildman–Crippen MR) is 67.5 cm³/mol. The number of hydrazine groups is 1. The Labute approximate surface area is 110 Å². The first-order chi connectivity index (χ1) is 9.26. The lowest BCUT2D eigenvalue weighted by atomic mass is 9.99. The van der Waals surface area contributed by atoms with E-state index in [1.165, 1.54) is 15.9 Å². The number of hydrogen-bond acceptors (Lipinski definition) is 6. The second kappa shape index (κ2) is 5.04. The maximum atomic E-state index is 5.64. The van der Waals surface area contributed by atoms with Gasteiger partial charge in [0.05, 0.1) is 26.3 Å². The van der Waals surface area contributed by atoms with Crippen molar-refractivity contribution < 1.29 is 4.74 Å². The first-order valence-corrected chi connectivity index (χ1v) is 6.14. The molecular formula is C12H16N6O. The molecule has 0 bridgehead atoms. The molecule has 1 aliphatic heterocycles. The highest BCUT2D eigenvalue weighted by atomic mass is 16.5. The molecule has 2 aromatic rings. The number of tetrazole rings is 1. The summed E-state index contributed by atoms with van der Waals surface area (Å²) in [5, 5.41) is 12.0. The van der Waals surface area contributed by atoms with Gasteiger partial charge in [0.2, 0.25) is 0 Å². The zero-order valence-corrected chi connectivity index (χ0v) is 10.7. The van der Waals surface area contributed by atoms with Crippen LogP contribution in [0.4, 0.5) is 0 Å². The van der Waals surface area contributed by atoms with E-state index in [0.29, 0.717) is 25.5 Å². The van der Waals surface area contributed by atoms with Crippen molar-refractivity contribution in [2.24, 2.45) is 12.9 Å². The van der Waals surface area contributed by atoms with Crippen molar-refractivity contribution in [2.45, 2.75) is 25.7 Å². The Morgan fingerprint density at radius 3 is 3.00 bits per heavy atom. The summed E-state index contributed by atoms with van der Waals surface area (Å²) in [6.45, 7) is 1.37. The molecule has 0 fully saturated rings. The van der Waals surface area contributed by atoms with E-state index in [4.69, 9.17) is 10.6 Å². The van der Waals surface area contributed by atoms with Gasteiger partial charge in [-0.1, -0.05) is 18.2 Å². The van der Waals surface area contributed by atoms with Crippen LogP contribution in [-0.4, -0.2) is 20.2 Å². The number of aryl methyl sites for hydroxylation is 1. The molecule has 0 saturated carbocycles. The third-order valence-corrected chi connectivity index (χ3v) is 3.29. The molecule has 0 spiro atoms. The van der Waals surface area contributed by atoms with Gasteiger partial charge in [-0.2, -0.15) is 4.80 Å². The van der Waals surface area contributed by atoms with Crippen LogP contribution < -0.4 is 11.3 Å². The van der Waals surface area contributed by atoms with Gasteiger partial charge in [-0.25, -0.2) is 0 Å². The summed E-state index contributed by atoms with van der Waals surface area (Å²) in [7, 11) is 1.74. The minimum absolute atomic E-state index is 0.0323. The number of nitrogens with zero attached hydrogens (tertiary/aromatic N) is 4. The highest BCUT2D eigenvalue weighted by Gasteiger charge is 2.17. The van der Waals surface area contributed by atoms with Crippen molar-refractivity contribution in [3.63, 3.8) is 0 Å². The third kappa shape index (κ3) is 2.48. The van der Waals surface area contributed by atoms with Crippen molar-refractivity contribution in [1.82, 2.24) is 25.6 Å². The van der Waals surface area contributed by atoms with Gasteiger partial charge >= 0.3 is 0 Å². The van der Waals surface area contributed by atoms with Gasteiger partial charge in [0.1, 0.15) is 0 Å². The number of aromatic nitrogens is 4. The highest BCUT2D eigenvalue weighted by molar-refractivity contribution is 5.34. The van der Waals surface area contributed by atoms with Crippen LogP contribution in [0.1, 0.15) is 28.6 Å². The molecule has 7 heteroatoms. The number of benzene rings is 1. The molecule has 0 amide bonds. The average Bonchev–Trinajstić information content (AvgIpc) is 3.03. The summed E-state index contributed by atoms with van der Waals surface area (Å²) in [5.74, 6) is 6.31. The van der Waals surface area contributed by atoms with Gasteiger partial charge < -0.3 is 4.74 Å². The zero-order chi connectivity index (χ0) is 13.2. The molecule has 19 heavy (non-hydrogen) atoms. The Kier molecular flexibility index (Phi) is 3.24. The first-order valence-electron chi connectivity index (χ1n) is 6.14. The molecule has 2 heterocycles. The van der Waals surface area contributed by atoms with Gasteiger partial charge in [-0.05, 0) is 21.9 Å². The van der Waals surface area contributed by atoms with Crippen molar-refractivity contribution in [1.29, 1.82) is 0 Å². The second-order valence-corrected chi connectivity index (χ2v) is 4.64. The second-order valence-electron chi connectivity index (χ2n) is 4.64. The molecule has 1 aliphatic rings. The fourth-order valence-corrected chi connectivity index (χ4v) is 2.27.